The molecule has 0 bridgehead atoms. The zero-order chi connectivity index (χ0) is 12.4. The van der Waals surface area contributed by atoms with Gasteiger partial charge in [-0.2, -0.15) is 5.10 Å². The number of anilines is 2. The Morgan fingerprint density at radius 1 is 1.59 bits per heavy atom. The number of ether oxygens (including phenoxy) is 1. The van der Waals surface area contributed by atoms with Gasteiger partial charge >= 0.3 is 5.97 Å². The maximum Gasteiger partial charge on any atom is 0.327 e. The number of rotatable bonds is 3. The molecule has 0 aliphatic heterocycles. The van der Waals surface area contributed by atoms with Crippen molar-refractivity contribution in [2.45, 2.75) is 13.0 Å². The number of methoxy groups -OCH3 is 1. The summed E-state index contributed by atoms with van der Waals surface area (Å²) < 4.78 is 4.63. The van der Waals surface area contributed by atoms with E-state index < -0.39 is 6.04 Å². The number of fused-ring (bicyclic) bond motifs is 1. The maximum atomic E-state index is 11.3. The number of H-pyrrole nitrogens is 1. The summed E-state index contributed by atoms with van der Waals surface area (Å²) in [5, 5.41) is 10.7. The molecule has 1 aromatic carbocycles. The smallest absolute Gasteiger partial charge is 0.327 e. The molecule has 6 heteroatoms. The molecular formula is C11H14N4O2. The van der Waals surface area contributed by atoms with Crippen molar-refractivity contribution in [3.63, 3.8) is 0 Å². The maximum absolute atomic E-state index is 11.3. The highest BCUT2D eigenvalue weighted by atomic mass is 16.5. The van der Waals surface area contributed by atoms with E-state index in [9.17, 15) is 4.79 Å². The number of aromatic nitrogens is 2. The van der Waals surface area contributed by atoms with Gasteiger partial charge in [-0.3, -0.25) is 5.10 Å². The first-order valence-corrected chi connectivity index (χ1v) is 5.19. The molecule has 1 atom stereocenters. The summed E-state index contributed by atoms with van der Waals surface area (Å²) in [6, 6.07) is 3.16. The first kappa shape index (κ1) is 11.3. The van der Waals surface area contributed by atoms with Crippen LogP contribution < -0.4 is 11.1 Å². The van der Waals surface area contributed by atoms with Gasteiger partial charge in [-0.15, -0.1) is 0 Å². The van der Waals surface area contributed by atoms with E-state index in [0.29, 0.717) is 11.4 Å². The normalized spacial score (nSPS) is 12.4. The molecule has 0 saturated carbocycles. The lowest BCUT2D eigenvalue weighted by molar-refractivity contribution is -0.141. The Morgan fingerprint density at radius 3 is 3.06 bits per heavy atom. The fraction of sp³-hybridized carbons (Fsp3) is 0.273. The summed E-state index contributed by atoms with van der Waals surface area (Å²) in [7, 11) is 1.35. The second-order valence-corrected chi connectivity index (χ2v) is 3.79. The molecule has 1 heterocycles. The predicted molar refractivity (Wildman–Crippen MR) is 65.6 cm³/mol. The van der Waals surface area contributed by atoms with Crippen molar-refractivity contribution >= 4 is 28.2 Å². The summed E-state index contributed by atoms with van der Waals surface area (Å²) >= 11 is 0. The summed E-state index contributed by atoms with van der Waals surface area (Å²) in [5.41, 5.74) is 7.98. The Bertz CT molecular complexity index is 549. The monoisotopic (exact) mass is 234 g/mol. The zero-order valence-electron chi connectivity index (χ0n) is 9.65. The molecule has 0 aliphatic rings. The molecule has 0 saturated heterocycles. The fourth-order valence-corrected chi connectivity index (χ4v) is 1.60. The highest BCUT2D eigenvalue weighted by Crippen LogP contribution is 2.25. The average molecular weight is 234 g/mol. The molecule has 0 radical (unpaired) electrons. The number of carbonyl (C=O) groups is 1. The van der Waals surface area contributed by atoms with Crippen LogP contribution in [0.15, 0.2) is 18.3 Å². The van der Waals surface area contributed by atoms with E-state index in [1.165, 1.54) is 7.11 Å². The molecule has 0 aliphatic carbocycles. The second-order valence-electron chi connectivity index (χ2n) is 3.79. The third kappa shape index (κ3) is 2.15. The molecule has 0 fully saturated rings. The predicted octanol–water partition coefficient (Wildman–Crippen LogP) is 1.12. The largest absolute Gasteiger partial charge is 0.467 e. The van der Waals surface area contributed by atoms with Crippen molar-refractivity contribution in [1.82, 2.24) is 10.2 Å². The van der Waals surface area contributed by atoms with E-state index in [0.717, 1.165) is 10.9 Å². The molecule has 0 amide bonds. The summed E-state index contributed by atoms with van der Waals surface area (Å²) in [5.74, 6) is -0.339. The van der Waals surface area contributed by atoms with E-state index >= 15 is 0 Å². The van der Waals surface area contributed by atoms with Crippen LogP contribution in [0.1, 0.15) is 6.92 Å². The van der Waals surface area contributed by atoms with Gasteiger partial charge in [0.15, 0.2) is 0 Å². The van der Waals surface area contributed by atoms with Crippen molar-refractivity contribution in [3.05, 3.63) is 18.3 Å². The number of carbonyl (C=O) groups excluding carboxylic acids is 1. The summed E-state index contributed by atoms with van der Waals surface area (Å²) in [6.45, 7) is 1.71. The van der Waals surface area contributed by atoms with Crippen LogP contribution in [-0.4, -0.2) is 29.3 Å². The number of nitrogens with two attached hydrogens (primary N) is 1. The molecular weight excluding hydrogens is 220 g/mol. The second kappa shape index (κ2) is 4.32. The van der Waals surface area contributed by atoms with Crippen LogP contribution in [0.4, 0.5) is 11.4 Å². The third-order valence-electron chi connectivity index (χ3n) is 2.54. The lowest BCUT2D eigenvalue weighted by Crippen LogP contribution is -2.27. The van der Waals surface area contributed by atoms with Crippen LogP contribution >= 0.6 is 0 Å². The van der Waals surface area contributed by atoms with Crippen molar-refractivity contribution in [3.8, 4) is 0 Å². The molecule has 2 rings (SSSR count). The Labute approximate surface area is 98.1 Å². The van der Waals surface area contributed by atoms with Crippen LogP contribution in [0, 0.1) is 0 Å². The number of aromatic amines is 1. The summed E-state index contributed by atoms with van der Waals surface area (Å²) in [6.07, 6.45) is 1.69. The van der Waals surface area contributed by atoms with E-state index in [1.54, 1.807) is 19.2 Å². The highest BCUT2D eigenvalue weighted by Gasteiger charge is 2.14. The minimum absolute atomic E-state index is 0.339. The minimum Gasteiger partial charge on any atom is -0.467 e. The van der Waals surface area contributed by atoms with Crippen LogP contribution in [0.2, 0.25) is 0 Å². The van der Waals surface area contributed by atoms with Gasteiger partial charge in [-0.05, 0) is 19.1 Å². The molecule has 17 heavy (non-hydrogen) atoms. The quantitative estimate of drug-likeness (QED) is 0.546. The number of nitrogen functional groups attached to an aromatic ring is 1. The van der Waals surface area contributed by atoms with Gasteiger partial charge in [0.2, 0.25) is 0 Å². The van der Waals surface area contributed by atoms with Crippen LogP contribution in [0.3, 0.4) is 0 Å². The Balaban J connectivity index is 2.28. The van der Waals surface area contributed by atoms with Crippen molar-refractivity contribution in [1.29, 1.82) is 0 Å². The Hall–Kier alpha value is -2.24. The van der Waals surface area contributed by atoms with E-state index in [2.05, 4.69) is 20.3 Å². The molecule has 6 nitrogen and oxygen atoms in total. The number of esters is 1. The van der Waals surface area contributed by atoms with Crippen molar-refractivity contribution < 1.29 is 9.53 Å². The molecule has 1 aromatic heterocycles. The van der Waals surface area contributed by atoms with E-state index in [-0.39, 0.29) is 5.97 Å². The van der Waals surface area contributed by atoms with Gasteiger partial charge in [0.25, 0.3) is 0 Å². The number of hydrogen-bond donors (Lipinski definition) is 3. The Kier molecular flexibility index (Phi) is 2.86. The Morgan fingerprint density at radius 2 is 2.35 bits per heavy atom. The van der Waals surface area contributed by atoms with E-state index in [1.807, 2.05) is 6.07 Å². The molecule has 1 unspecified atom stereocenters. The fourth-order valence-electron chi connectivity index (χ4n) is 1.60. The van der Waals surface area contributed by atoms with Crippen molar-refractivity contribution in [2.75, 3.05) is 18.2 Å². The lowest BCUT2D eigenvalue weighted by atomic mass is 10.2. The SMILES string of the molecule is COC(=O)C(C)Nc1cc2[nH]ncc2cc1N. The first-order valence-electron chi connectivity index (χ1n) is 5.19. The molecule has 4 N–H and O–H groups in total. The third-order valence-corrected chi connectivity index (χ3v) is 2.54. The van der Waals surface area contributed by atoms with Crippen LogP contribution in [-0.2, 0) is 9.53 Å². The van der Waals surface area contributed by atoms with E-state index in [4.69, 9.17) is 5.73 Å². The summed E-state index contributed by atoms with van der Waals surface area (Å²) in [4.78, 5) is 11.3. The lowest BCUT2D eigenvalue weighted by Gasteiger charge is -2.14. The molecule has 2 aromatic rings. The first-order chi connectivity index (χ1) is 8.11. The highest BCUT2D eigenvalue weighted by molar-refractivity contribution is 5.90. The topological polar surface area (TPSA) is 93.0 Å². The van der Waals surface area contributed by atoms with Gasteiger partial charge in [0, 0.05) is 5.39 Å². The van der Waals surface area contributed by atoms with Gasteiger partial charge < -0.3 is 15.8 Å². The van der Waals surface area contributed by atoms with Crippen molar-refractivity contribution in [2.24, 2.45) is 0 Å². The molecule has 0 spiro atoms. The minimum atomic E-state index is -0.456. The van der Waals surface area contributed by atoms with Gasteiger partial charge in [0.05, 0.1) is 30.2 Å². The average Bonchev–Trinajstić information content (AvgIpc) is 2.75. The van der Waals surface area contributed by atoms with Gasteiger partial charge in [-0.25, -0.2) is 4.79 Å². The number of nitrogens with one attached hydrogen (secondary N) is 2. The standard InChI is InChI=1S/C11H14N4O2/c1-6(11(16)17-2)14-10-4-9-7(3-8(10)12)5-13-15-9/h3-6,14H,12H2,1-2H3,(H,13,15). The number of benzene rings is 1. The number of nitrogens with zero attached hydrogens (tertiary/aromatic N) is 1. The van der Waals surface area contributed by atoms with Crippen LogP contribution in [0.5, 0.6) is 0 Å². The van der Waals surface area contributed by atoms with Gasteiger partial charge in [-0.1, -0.05) is 0 Å². The van der Waals surface area contributed by atoms with Gasteiger partial charge in [0.1, 0.15) is 6.04 Å². The zero-order valence-corrected chi connectivity index (χ0v) is 9.65. The van der Waals surface area contributed by atoms with Crippen LogP contribution in [0.25, 0.3) is 10.9 Å². The number of hydrogen-bond acceptors (Lipinski definition) is 5. The molecule has 90 valence electrons.